The molecule has 0 aliphatic rings. The third-order valence-electron chi connectivity index (χ3n) is 6.26. The van der Waals surface area contributed by atoms with Crippen molar-refractivity contribution in [2.45, 2.75) is 43.4 Å². The topological polar surface area (TPSA) is 171 Å². The molecule has 0 aliphatic carbocycles. The van der Waals surface area contributed by atoms with Gasteiger partial charge in [-0.25, -0.2) is 4.79 Å². The Balaban J connectivity index is 1.69. The summed E-state index contributed by atoms with van der Waals surface area (Å²) in [6, 6.07) is 22.1. The third kappa shape index (κ3) is 9.33. The molecule has 7 N–H and O–H groups in total. The van der Waals surface area contributed by atoms with Crippen LogP contribution in [0.3, 0.4) is 0 Å². The van der Waals surface area contributed by atoms with Crippen LogP contribution in [-0.2, 0) is 38.4 Å². The minimum absolute atomic E-state index is 0.0139. The number of aliphatic hydroxyl groups excluding tert-OH is 1. The molecule has 0 heterocycles. The number of nitrogens with one attached hydrogen (secondary N) is 3. The average molecular weight is 547 g/mol. The Morgan fingerprint density at radius 2 is 0.950 bits per heavy atom. The second-order valence-electron chi connectivity index (χ2n) is 9.38. The minimum Gasteiger partial charge on any atom is -0.480 e. The van der Waals surface area contributed by atoms with Gasteiger partial charge in [-0.3, -0.25) is 14.4 Å². The summed E-state index contributed by atoms with van der Waals surface area (Å²) in [5.74, 6) is -3.42. The Hall–Kier alpha value is -4.54. The highest BCUT2D eigenvalue weighted by molar-refractivity contribution is 5.94. The molecule has 0 saturated heterocycles. The van der Waals surface area contributed by atoms with Gasteiger partial charge in [0.1, 0.15) is 18.1 Å². The first-order valence-corrected chi connectivity index (χ1v) is 12.9. The molecule has 210 valence electrons. The summed E-state index contributed by atoms with van der Waals surface area (Å²) in [6.45, 7) is -0.783. The lowest BCUT2D eigenvalue weighted by atomic mass is 10.0. The van der Waals surface area contributed by atoms with Crippen LogP contribution in [0.4, 0.5) is 0 Å². The summed E-state index contributed by atoms with van der Waals surface area (Å²) in [5, 5.41) is 26.9. The minimum atomic E-state index is -1.45. The van der Waals surface area contributed by atoms with Crippen molar-refractivity contribution in [1.29, 1.82) is 0 Å². The molecule has 3 aromatic rings. The number of hydrogen-bond acceptors (Lipinski definition) is 6. The lowest BCUT2D eigenvalue weighted by molar-refractivity contribution is -0.142. The van der Waals surface area contributed by atoms with Gasteiger partial charge in [0, 0.05) is 12.8 Å². The van der Waals surface area contributed by atoms with Crippen molar-refractivity contribution in [1.82, 2.24) is 16.0 Å². The fourth-order valence-electron chi connectivity index (χ4n) is 4.09. The van der Waals surface area contributed by atoms with Crippen LogP contribution < -0.4 is 21.7 Å². The zero-order chi connectivity index (χ0) is 28.9. The lowest BCUT2D eigenvalue weighted by Gasteiger charge is -2.24. The van der Waals surface area contributed by atoms with Gasteiger partial charge in [0.25, 0.3) is 0 Å². The van der Waals surface area contributed by atoms with Crippen molar-refractivity contribution in [2.75, 3.05) is 6.61 Å². The zero-order valence-electron chi connectivity index (χ0n) is 21.9. The largest absolute Gasteiger partial charge is 0.480 e. The van der Waals surface area contributed by atoms with Gasteiger partial charge < -0.3 is 31.9 Å². The second-order valence-corrected chi connectivity index (χ2v) is 9.38. The molecule has 4 unspecified atom stereocenters. The van der Waals surface area contributed by atoms with Crippen LogP contribution >= 0.6 is 0 Å². The Bertz CT molecular complexity index is 1260. The molecule has 3 amide bonds. The van der Waals surface area contributed by atoms with E-state index in [9.17, 15) is 29.4 Å². The number of nitrogens with two attached hydrogens (primary N) is 1. The van der Waals surface area contributed by atoms with Crippen molar-refractivity contribution in [3.63, 3.8) is 0 Å². The van der Waals surface area contributed by atoms with Crippen molar-refractivity contribution in [3.05, 3.63) is 108 Å². The van der Waals surface area contributed by atoms with E-state index in [2.05, 4.69) is 16.0 Å². The molecule has 0 aromatic heterocycles. The van der Waals surface area contributed by atoms with Gasteiger partial charge >= 0.3 is 5.97 Å². The van der Waals surface area contributed by atoms with Crippen molar-refractivity contribution in [2.24, 2.45) is 5.73 Å². The molecular formula is C30H34N4O6. The maximum atomic E-state index is 13.3. The number of carboxylic acid groups (broad SMARTS) is 1. The summed E-state index contributed by atoms with van der Waals surface area (Å²) in [4.78, 5) is 50.8. The standard InChI is InChI=1S/C30H34N4O6/c31-23(16-20-10-4-1-5-11-20)27(36)32-24(17-21-12-6-2-7-13-21)28(37)34-26(19-35)29(38)33-25(30(39)40)18-22-14-8-3-9-15-22/h1-15,23-26,35H,16-19,31H2,(H,32,36)(H,33,38)(H,34,37)(H,39,40). The molecule has 0 aliphatic heterocycles. The highest BCUT2D eigenvalue weighted by Crippen LogP contribution is 2.07. The van der Waals surface area contributed by atoms with Crippen LogP contribution in [-0.4, -0.2) is 64.7 Å². The van der Waals surface area contributed by atoms with E-state index >= 15 is 0 Å². The van der Waals surface area contributed by atoms with Crippen LogP contribution in [0.5, 0.6) is 0 Å². The van der Waals surface area contributed by atoms with E-state index < -0.39 is 54.5 Å². The molecule has 10 nitrogen and oxygen atoms in total. The van der Waals surface area contributed by atoms with E-state index in [1.165, 1.54) is 0 Å². The normalized spacial score (nSPS) is 13.8. The van der Waals surface area contributed by atoms with E-state index in [1.54, 1.807) is 54.6 Å². The number of hydrogen-bond donors (Lipinski definition) is 6. The summed E-state index contributed by atoms with van der Waals surface area (Å²) < 4.78 is 0. The molecule has 0 fully saturated rings. The lowest BCUT2D eigenvalue weighted by Crippen LogP contribution is -2.58. The quantitative estimate of drug-likeness (QED) is 0.172. The smallest absolute Gasteiger partial charge is 0.326 e. The van der Waals surface area contributed by atoms with Gasteiger partial charge in [0.05, 0.1) is 12.6 Å². The Labute approximate surface area is 232 Å². The van der Waals surface area contributed by atoms with Gasteiger partial charge in [-0.2, -0.15) is 0 Å². The van der Waals surface area contributed by atoms with E-state index in [0.717, 1.165) is 11.1 Å². The summed E-state index contributed by atoms with van der Waals surface area (Å²) in [5.41, 5.74) is 8.41. The molecule has 0 spiro atoms. The van der Waals surface area contributed by atoms with Crippen LogP contribution in [0.1, 0.15) is 16.7 Å². The van der Waals surface area contributed by atoms with Gasteiger partial charge in [0.2, 0.25) is 17.7 Å². The maximum absolute atomic E-state index is 13.3. The molecule has 0 saturated carbocycles. The first-order valence-electron chi connectivity index (χ1n) is 12.9. The first kappa shape index (κ1) is 30.0. The number of benzene rings is 3. The van der Waals surface area contributed by atoms with E-state index in [4.69, 9.17) is 5.73 Å². The van der Waals surface area contributed by atoms with Crippen molar-refractivity contribution in [3.8, 4) is 0 Å². The van der Waals surface area contributed by atoms with Gasteiger partial charge in [-0.1, -0.05) is 91.0 Å². The number of rotatable bonds is 14. The summed E-state index contributed by atoms with van der Waals surface area (Å²) in [6.07, 6.45) is 0.369. The van der Waals surface area contributed by atoms with E-state index in [1.807, 2.05) is 36.4 Å². The fourth-order valence-corrected chi connectivity index (χ4v) is 4.09. The first-order chi connectivity index (χ1) is 19.3. The van der Waals surface area contributed by atoms with Crippen molar-refractivity contribution >= 4 is 23.7 Å². The van der Waals surface area contributed by atoms with E-state index in [0.29, 0.717) is 5.56 Å². The number of carbonyl (C=O) groups excluding carboxylic acids is 3. The summed E-state index contributed by atoms with van der Waals surface area (Å²) >= 11 is 0. The highest BCUT2D eigenvalue weighted by Gasteiger charge is 2.30. The molecule has 10 heteroatoms. The molecular weight excluding hydrogens is 512 g/mol. The van der Waals surface area contributed by atoms with Crippen LogP contribution in [0, 0.1) is 0 Å². The van der Waals surface area contributed by atoms with Gasteiger partial charge in [0.15, 0.2) is 0 Å². The SMILES string of the molecule is NC(Cc1ccccc1)C(=O)NC(Cc1ccccc1)C(=O)NC(CO)C(=O)NC(Cc1ccccc1)C(=O)O. The van der Waals surface area contributed by atoms with E-state index in [-0.39, 0.29) is 19.3 Å². The van der Waals surface area contributed by atoms with Crippen LogP contribution in [0.2, 0.25) is 0 Å². The Morgan fingerprint density at radius 3 is 1.40 bits per heavy atom. The number of aliphatic hydroxyl groups is 1. The van der Waals surface area contributed by atoms with Crippen LogP contribution in [0.25, 0.3) is 0 Å². The molecule has 0 radical (unpaired) electrons. The molecule has 3 rings (SSSR count). The molecule has 0 bridgehead atoms. The molecule has 3 aromatic carbocycles. The predicted molar refractivity (Wildman–Crippen MR) is 149 cm³/mol. The monoisotopic (exact) mass is 546 g/mol. The average Bonchev–Trinajstić information content (AvgIpc) is 2.96. The summed E-state index contributed by atoms with van der Waals surface area (Å²) in [7, 11) is 0. The number of amides is 3. The molecule has 4 atom stereocenters. The van der Waals surface area contributed by atoms with Crippen molar-refractivity contribution < 1.29 is 29.4 Å². The highest BCUT2D eigenvalue weighted by atomic mass is 16.4. The number of carbonyl (C=O) groups is 4. The van der Waals surface area contributed by atoms with Gasteiger partial charge in [-0.15, -0.1) is 0 Å². The maximum Gasteiger partial charge on any atom is 0.326 e. The third-order valence-corrected chi connectivity index (χ3v) is 6.26. The van der Waals surface area contributed by atoms with Crippen LogP contribution in [0.15, 0.2) is 91.0 Å². The number of aliphatic carboxylic acids is 1. The second kappa shape index (κ2) is 15.2. The fraction of sp³-hybridized carbons (Fsp3) is 0.267. The Morgan fingerprint density at radius 1 is 0.575 bits per heavy atom. The number of carboxylic acids is 1. The zero-order valence-corrected chi connectivity index (χ0v) is 21.9. The Kier molecular flexibility index (Phi) is 11.4. The predicted octanol–water partition coefficient (Wildman–Crippen LogP) is 0.573. The van der Waals surface area contributed by atoms with Gasteiger partial charge in [-0.05, 0) is 23.1 Å². The molecule has 40 heavy (non-hydrogen) atoms.